The second-order valence-corrected chi connectivity index (χ2v) is 10.4. The Labute approximate surface area is 226 Å². The van der Waals surface area contributed by atoms with Crippen molar-refractivity contribution in [2.45, 2.75) is 45.2 Å². The Morgan fingerprint density at radius 1 is 1.13 bits per heavy atom. The average molecular weight is 527 g/mol. The Morgan fingerprint density at radius 2 is 1.97 bits per heavy atom. The van der Waals surface area contributed by atoms with Gasteiger partial charge in [0.25, 0.3) is 0 Å². The van der Waals surface area contributed by atoms with Gasteiger partial charge in [-0.25, -0.2) is 14.4 Å². The highest BCUT2D eigenvalue weighted by Gasteiger charge is 2.27. The highest BCUT2D eigenvalue weighted by Crippen LogP contribution is 2.42. The standard InChI is InChI=1S/C30H31FN6O2/c1-17-9-19(14-32-18(2)15-38-4)10-26-28(17)39-30(35-26)27-12-21(11-25(34-27)20-5-6-20)23-8-7-22(31)13-24(23)29-36-33-16-37(29)3/h7-13,16,18,20,32H,5-6,14-15H2,1-4H3/t18-/m1/s1. The summed E-state index contributed by atoms with van der Waals surface area (Å²) in [4.78, 5) is 9.81. The first-order valence-electron chi connectivity index (χ1n) is 13.2. The van der Waals surface area contributed by atoms with Gasteiger partial charge in [0.15, 0.2) is 11.4 Å². The number of aromatic nitrogens is 5. The van der Waals surface area contributed by atoms with Crippen LogP contribution in [0.5, 0.6) is 0 Å². The van der Waals surface area contributed by atoms with Crippen LogP contribution in [-0.2, 0) is 18.3 Å². The summed E-state index contributed by atoms with van der Waals surface area (Å²) >= 11 is 0. The minimum atomic E-state index is -0.329. The molecule has 0 unspecified atom stereocenters. The number of hydrogen-bond donors (Lipinski definition) is 1. The van der Waals surface area contributed by atoms with Crippen LogP contribution < -0.4 is 5.32 Å². The van der Waals surface area contributed by atoms with E-state index in [1.165, 1.54) is 12.1 Å². The van der Waals surface area contributed by atoms with E-state index in [1.54, 1.807) is 24.1 Å². The van der Waals surface area contributed by atoms with Gasteiger partial charge < -0.3 is 19.0 Å². The number of nitrogens with one attached hydrogen (secondary N) is 1. The van der Waals surface area contributed by atoms with Crippen LogP contribution in [0.1, 0.15) is 42.5 Å². The molecule has 39 heavy (non-hydrogen) atoms. The molecule has 1 aliphatic rings. The van der Waals surface area contributed by atoms with Gasteiger partial charge in [-0.15, -0.1) is 10.2 Å². The number of benzene rings is 2. The SMILES string of the molecule is COC[C@@H](C)NCc1cc(C)c2oc(-c3cc(-c4ccc(F)cc4-c4nncn4C)cc(C4CC4)n3)nc2c1. The van der Waals surface area contributed by atoms with Gasteiger partial charge >= 0.3 is 0 Å². The minimum Gasteiger partial charge on any atom is -0.434 e. The lowest BCUT2D eigenvalue weighted by molar-refractivity contribution is 0.171. The van der Waals surface area contributed by atoms with Crippen LogP contribution in [-0.4, -0.2) is 44.5 Å². The maximum Gasteiger partial charge on any atom is 0.246 e. The van der Waals surface area contributed by atoms with E-state index in [0.717, 1.165) is 51.9 Å². The molecule has 0 bridgehead atoms. The van der Waals surface area contributed by atoms with Gasteiger partial charge in [0.2, 0.25) is 5.89 Å². The Morgan fingerprint density at radius 3 is 2.72 bits per heavy atom. The molecule has 5 aromatic rings. The van der Waals surface area contributed by atoms with Gasteiger partial charge in [0.05, 0.1) is 6.61 Å². The third-order valence-corrected chi connectivity index (χ3v) is 7.11. The van der Waals surface area contributed by atoms with E-state index in [4.69, 9.17) is 19.1 Å². The number of methoxy groups -OCH3 is 1. The minimum absolute atomic E-state index is 0.240. The molecule has 2 aromatic carbocycles. The van der Waals surface area contributed by atoms with E-state index in [9.17, 15) is 4.39 Å². The van der Waals surface area contributed by atoms with Crippen molar-refractivity contribution in [2.24, 2.45) is 7.05 Å². The van der Waals surface area contributed by atoms with Gasteiger partial charge in [-0.2, -0.15) is 0 Å². The Balaban J connectivity index is 1.42. The fourth-order valence-corrected chi connectivity index (χ4v) is 4.97. The van der Waals surface area contributed by atoms with Crippen LogP contribution in [0.2, 0.25) is 0 Å². The number of nitrogens with zero attached hydrogens (tertiary/aromatic N) is 5. The van der Waals surface area contributed by atoms with Crippen LogP contribution in [0, 0.1) is 12.7 Å². The van der Waals surface area contributed by atoms with Gasteiger partial charge in [-0.1, -0.05) is 12.1 Å². The zero-order valence-corrected chi connectivity index (χ0v) is 22.5. The number of aryl methyl sites for hydroxylation is 2. The monoisotopic (exact) mass is 526 g/mol. The van der Waals surface area contributed by atoms with Crippen molar-refractivity contribution in [1.82, 2.24) is 30.0 Å². The van der Waals surface area contributed by atoms with Gasteiger partial charge in [-0.3, -0.25) is 0 Å². The average Bonchev–Trinajstić information content (AvgIpc) is 3.54. The first kappa shape index (κ1) is 25.3. The molecule has 0 spiro atoms. The number of oxazole rings is 1. The molecular weight excluding hydrogens is 495 g/mol. The number of rotatable bonds is 9. The summed E-state index contributed by atoms with van der Waals surface area (Å²) in [5.41, 5.74) is 7.77. The van der Waals surface area contributed by atoms with Crippen molar-refractivity contribution >= 4 is 11.1 Å². The van der Waals surface area contributed by atoms with Crippen molar-refractivity contribution in [3.63, 3.8) is 0 Å². The molecule has 9 heteroatoms. The largest absolute Gasteiger partial charge is 0.434 e. The molecule has 0 amide bonds. The molecule has 1 saturated carbocycles. The van der Waals surface area contributed by atoms with Crippen molar-refractivity contribution in [2.75, 3.05) is 13.7 Å². The molecule has 1 fully saturated rings. The summed E-state index contributed by atoms with van der Waals surface area (Å²) in [6, 6.07) is 13.2. The molecule has 0 saturated heterocycles. The zero-order chi connectivity index (χ0) is 27.1. The highest BCUT2D eigenvalue weighted by atomic mass is 19.1. The predicted molar refractivity (Wildman–Crippen MR) is 148 cm³/mol. The number of hydrogen-bond acceptors (Lipinski definition) is 7. The van der Waals surface area contributed by atoms with Crippen molar-refractivity contribution in [3.8, 4) is 34.1 Å². The Kier molecular flexibility index (Phi) is 6.70. The summed E-state index contributed by atoms with van der Waals surface area (Å²) in [7, 11) is 3.55. The molecule has 6 rings (SSSR count). The number of pyridine rings is 1. The van der Waals surface area contributed by atoms with Crippen LogP contribution >= 0.6 is 0 Å². The van der Waals surface area contributed by atoms with Crippen LogP contribution in [0.3, 0.4) is 0 Å². The van der Waals surface area contributed by atoms with Crippen molar-refractivity contribution in [3.05, 3.63) is 71.4 Å². The lowest BCUT2D eigenvalue weighted by Gasteiger charge is -2.12. The number of halogens is 1. The van der Waals surface area contributed by atoms with E-state index in [-0.39, 0.29) is 11.9 Å². The van der Waals surface area contributed by atoms with Crippen LogP contribution in [0.15, 0.2) is 53.2 Å². The third kappa shape index (κ3) is 5.20. The summed E-state index contributed by atoms with van der Waals surface area (Å²) in [6.07, 6.45) is 3.81. The van der Waals surface area contributed by atoms with Crippen molar-refractivity contribution < 1.29 is 13.5 Å². The van der Waals surface area contributed by atoms with E-state index < -0.39 is 0 Å². The second-order valence-electron chi connectivity index (χ2n) is 10.4. The van der Waals surface area contributed by atoms with Crippen LogP contribution in [0.4, 0.5) is 4.39 Å². The summed E-state index contributed by atoms with van der Waals surface area (Å²) in [5.74, 6) is 1.14. The van der Waals surface area contributed by atoms with Crippen molar-refractivity contribution in [1.29, 1.82) is 0 Å². The first-order valence-corrected chi connectivity index (χ1v) is 13.2. The maximum absolute atomic E-state index is 14.4. The third-order valence-electron chi connectivity index (χ3n) is 7.11. The summed E-state index contributed by atoms with van der Waals surface area (Å²) in [5, 5.41) is 11.7. The normalized spacial score (nSPS) is 14.3. The Hall–Kier alpha value is -3.95. The fraction of sp³-hybridized carbons (Fsp3) is 0.333. The molecule has 0 radical (unpaired) electrons. The molecule has 3 aromatic heterocycles. The van der Waals surface area contributed by atoms with E-state index in [0.29, 0.717) is 42.0 Å². The predicted octanol–water partition coefficient (Wildman–Crippen LogP) is 5.80. The quantitative estimate of drug-likeness (QED) is 0.259. The summed E-state index contributed by atoms with van der Waals surface area (Å²) in [6.45, 7) is 5.48. The van der Waals surface area contributed by atoms with E-state index in [2.05, 4.69) is 40.6 Å². The molecule has 200 valence electrons. The molecular formula is C30H31FN6O2. The molecule has 8 nitrogen and oxygen atoms in total. The smallest absolute Gasteiger partial charge is 0.246 e. The topological polar surface area (TPSA) is 90.9 Å². The number of fused-ring (bicyclic) bond motifs is 1. The lowest BCUT2D eigenvalue weighted by Crippen LogP contribution is -2.29. The van der Waals surface area contributed by atoms with Crippen LogP contribution in [0.25, 0.3) is 45.2 Å². The molecule has 3 heterocycles. The Bertz CT molecular complexity index is 1660. The fourth-order valence-electron chi connectivity index (χ4n) is 4.97. The first-order chi connectivity index (χ1) is 18.9. The maximum atomic E-state index is 14.4. The second kappa shape index (κ2) is 10.3. The van der Waals surface area contributed by atoms with Gasteiger partial charge in [0.1, 0.15) is 23.4 Å². The number of ether oxygens (including phenoxy) is 1. The molecule has 1 atom stereocenters. The van der Waals surface area contributed by atoms with E-state index in [1.807, 2.05) is 20.0 Å². The summed E-state index contributed by atoms with van der Waals surface area (Å²) < 4.78 is 27.7. The van der Waals surface area contributed by atoms with E-state index >= 15 is 0 Å². The van der Waals surface area contributed by atoms with Gasteiger partial charge in [0, 0.05) is 43.9 Å². The highest BCUT2D eigenvalue weighted by molar-refractivity contribution is 5.84. The molecule has 0 aliphatic heterocycles. The zero-order valence-electron chi connectivity index (χ0n) is 22.5. The van der Waals surface area contributed by atoms with Gasteiger partial charge in [-0.05, 0) is 79.3 Å². The molecule has 1 aliphatic carbocycles. The molecule has 1 N–H and O–H groups in total. The lowest BCUT2D eigenvalue weighted by atomic mass is 9.97.